The molecule has 0 saturated carbocycles. The van der Waals surface area contributed by atoms with E-state index in [1.54, 1.807) is 12.1 Å². The molecule has 0 aliphatic rings. The lowest BCUT2D eigenvalue weighted by Crippen LogP contribution is -2.19. The van der Waals surface area contributed by atoms with Crippen LogP contribution >= 0.6 is 11.6 Å². The second-order valence-electron chi connectivity index (χ2n) is 4.54. The normalized spacial score (nSPS) is 10.1. The molecule has 110 valence electrons. The summed E-state index contributed by atoms with van der Waals surface area (Å²) < 4.78 is 0. The van der Waals surface area contributed by atoms with Crippen LogP contribution in [0.1, 0.15) is 10.5 Å². The molecule has 1 heterocycles. The van der Waals surface area contributed by atoms with Gasteiger partial charge in [-0.25, -0.2) is 10.8 Å². The van der Waals surface area contributed by atoms with Crippen LogP contribution in [0, 0.1) is 0 Å². The van der Waals surface area contributed by atoms with Crippen LogP contribution in [-0.2, 0) is 0 Å². The van der Waals surface area contributed by atoms with Crippen LogP contribution in [0.4, 0.5) is 17.2 Å². The number of amides is 1. The van der Waals surface area contributed by atoms with Gasteiger partial charge in [0.15, 0.2) is 0 Å². The summed E-state index contributed by atoms with van der Waals surface area (Å²) in [6.07, 6.45) is 0. The molecule has 1 aromatic carbocycles. The lowest BCUT2D eigenvalue weighted by molar-refractivity contribution is 0.102. The van der Waals surface area contributed by atoms with Gasteiger partial charge in [-0.05, 0) is 24.3 Å². The number of nitrogen functional groups attached to an aromatic ring is 1. The quantitative estimate of drug-likeness (QED) is 0.596. The summed E-state index contributed by atoms with van der Waals surface area (Å²) in [4.78, 5) is 18.3. The average Bonchev–Trinajstić information content (AvgIpc) is 2.48. The number of carbonyl (C=O) groups excluding carboxylic acids is 1. The third-order valence-electron chi connectivity index (χ3n) is 2.84. The zero-order valence-corrected chi connectivity index (χ0v) is 12.5. The molecule has 0 radical (unpaired) electrons. The number of halogens is 1. The molecule has 0 aliphatic carbocycles. The van der Waals surface area contributed by atoms with E-state index in [0.29, 0.717) is 11.5 Å². The molecule has 0 aliphatic heterocycles. The van der Waals surface area contributed by atoms with Crippen molar-refractivity contribution in [1.29, 1.82) is 0 Å². The van der Waals surface area contributed by atoms with Gasteiger partial charge in [-0.1, -0.05) is 23.7 Å². The second kappa shape index (κ2) is 6.43. The summed E-state index contributed by atoms with van der Waals surface area (Å²) >= 11 is 6.01. The molecule has 4 N–H and O–H groups in total. The first kappa shape index (κ1) is 15.1. The standard InChI is InChI=1S/C14H16ClN5O/c1-20(2)11-6-4-3-5-10(11)17-14(21)13-9(15)7-8-12(18-13)19-16/h3-8H,16H2,1-2H3,(H,17,21)(H,18,19). The molecule has 2 rings (SSSR count). The number of carbonyl (C=O) groups is 1. The van der Waals surface area contributed by atoms with Gasteiger partial charge in [-0.15, -0.1) is 0 Å². The number of nitrogens with two attached hydrogens (primary N) is 1. The van der Waals surface area contributed by atoms with Crippen molar-refractivity contribution in [1.82, 2.24) is 4.98 Å². The number of anilines is 3. The second-order valence-corrected chi connectivity index (χ2v) is 4.94. The Morgan fingerprint density at radius 2 is 1.95 bits per heavy atom. The topological polar surface area (TPSA) is 83.3 Å². The molecular weight excluding hydrogens is 290 g/mol. The summed E-state index contributed by atoms with van der Waals surface area (Å²) in [6, 6.07) is 10.6. The molecule has 0 bridgehead atoms. The fourth-order valence-corrected chi connectivity index (χ4v) is 2.02. The highest BCUT2D eigenvalue weighted by Crippen LogP contribution is 2.25. The number of para-hydroxylation sites is 2. The fourth-order valence-electron chi connectivity index (χ4n) is 1.83. The predicted molar refractivity (Wildman–Crippen MR) is 85.8 cm³/mol. The molecule has 6 nitrogen and oxygen atoms in total. The van der Waals surface area contributed by atoms with E-state index in [0.717, 1.165) is 5.69 Å². The van der Waals surface area contributed by atoms with Crippen LogP contribution in [-0.4, -0.2) is 25.0 Å². The van der Waals surface area contributed by atoms with Crippen molar-refractivity contribution in [2.45, 2.75) is 0 Å². The molecule has 7 heteroatoms. The Morgan fingerprint density at radius 3 is 2.62 bits per heavy atom. The van der Waals surface area contributed by atoms with Gasteiger partial charge in [-0.3, -0.25) is 4.79 Å². The first-order valence-electron chi connectivity index (χ1n) is 6.24. The van der Waals surface area contributed by atoms with E-state index in [4.69, 9.17) is 17.4 Å². The molecule has 2 aromatic rings. The monoisotopic (exact) mass is 305 g/mol. The first-order valence-corrected chi connectivity index (χ1v) is 6.61. The van der Waals surface area contributed by atoms with Crippen LogP contribution in [0.3, 0.4) is 0 Å². The molecule has 0 atom stereocenters. The average molecular weight is 306 g/mol. The minimum absolute atomic E-state index is 0.112. The maximum absolute atomic E-state index is 12.3. The van der Waals surface area contributed by atoms with Gasteiger partial charge in [0.05, 0.1) is 16.4 Å². The number of hydrazine groups is 1. The number of benzene rings is 1. The van der Waals surface area contributed by atoms with Crippen LogP contribution in [0.15, 0.2) is 36.4 Å². The molecule has 1 amide bonds. The first-order chi connectivity index (χ1) is 10.0. The maximum atomic E-state index is 12.3. The largest absolute Gasteiger partial charge is 0.376 e. The summed E-state index contributed by atoms with van der Waals surface area (Å²) in [5.41, 5.74) is 4.06. The smallest absolute Gasteiger partial charge is 0.275 e. The van der Waals surface area contributed by atoms with Gasteiger partial charge in [0.2, 0.25) is 0 Å². The number of hydrogen-bond donors (Lipinski definition) is 3. The summed E-state index contributed by atoms with van der Waals surface area (Å²) in [7, 11) is 3.80. The van der Waals surface area contributed by atoms with Gasteiger partial charge in [0, 0.05) is 14.1 Å². The highest BCUT2D eigenvalue weighted by atomic mass is 35.5. The lowest BCUT2D eigenvalue weighted by atomic mass is 10.2. The van der Waals surface area contributed by atoms with E-state index in [2.05, 4.69) is 15.7 Å². The van der Waals surface area contributed by atoms with Crippen molar-refractivity contribution >= 4 is 34.7 Å². The number of hydrogen-bond acceptors (Lipinski definition) is 5. The number of pyridine rings is 1. The third kappa shape index (κ3) is 3.42. The van der Waals surface area contributed by atoms with Crippen molar-refractivity contribution in [3.8, 4) is 0 Å². The number of nitrogens with one attached hydrogen (secondary N) is 2. The highest BCUT2D eigenvalue weighted by Gasteiger charge is 2.15. The van der Waals surface area contributed by atoms with Crippen molar-refractivity contribution in [3.63, 3.8) is 0 Å². The Balaban J connectivity index is 2.30. The fraction of sp³-hybridized carbons (Fsp3) is 0.143. The van der Waals surface area contributed by atoms with Crippen LogP contribution < -0.4 is 21.5 Å². The van der Waals surface area contributed by atoms with Crippen LogP contribution in [0.2, 0.25) is 5.02 Å². The Morgan fingerprint density at radius 1 is 1.24 bits per heavy atom. The number of nitrogens with zero attached hydrogens (tertiary/aromatic N) is 2. The van der Waals surface area contributed by atoms with E-state index in [1.807, 2.05) is 43.3 Å². The van der Waals surface area contributed by atoms with Crippen LogP contribution in [0.25, 0.3) is 0 Å². The predicted octanol–water partition coefficient (Wildman–Crippen LogP) is 2.34. The summed E-state index contributed by atoms with van der Waals surface area (Å²) in [6.45, 7) is 0. The number of rotatable bonds is 4. The Labute approximate surface area is 127 Å². The minimum atomic E-state index is -0.397. The van der Waals surface area contributed by atoms with Crippen molar-refractivity contribution in [2.75, 3.05) is 29.7 Å². The lowest BCUT2D eigenvalue weighted by Gasteiger charge is -2.17. The molecule has 0 unspecified atom stereocenters. The Hall–Kier alpha value is -2.31. The molecule has 0 spiro atoms. The van der Waals surface area contributed by atoms with Crippen molar-refractivity contribution < 1.29 is 4.79 Å². The molecule has 0 saturated heterocycles. The van der Waals surface area contributed by atoms with Crippen LogP contribution in [0.5, 0.6) is 0 Å². The zero-order chi connectivity index (χ0) is 15.4. The van der Waals surface area contributed by atoms with E-state index in [1.165, 1.54) is 0 Å². The van der Waals surface area contributed by atoms with E-state index in [-0.39, 0.29) is 10.7 Å². The van der Waals surface area contributed by atoms with E-state index in [9.17, 15) is 4.79 Å². The van der Waals surface area contributed by atoms with Gasteiger partial charge >= 0.3 is 0 Å². The van der Waals surface area contributed by atoms with Gasteiger partial charge in [-0.2, -0.15) is 0 Å². The maximum Gasteiger partial charge on any atom is 0.275 e. The minimum Gasteiger partial charge on any atom is -0.376 e. The zero-order valence-electron chi connectivity index (χ0n) is 11.7. The van der Waals surface area contributed by atoms with Gasteiger partial charge in [0.1, 0.15) is 11.5 Å². The van der Waals surface area contributed by atoms with Gasteiger partial charge in [0.25, 0.3) is 5.91 Å². The molecule has 0 fully saturated rings. The van der Waals surface area contributed by atoms with E-state index >= 15 is 0 Å². The highest BCUT2D eigenvalue weighted by molar-refractivity contribution is 6.34. The van der Waals surface area contributed by atoms with E-state index < -0.39 is 5.91 Å². The Bertz CT molecular complexity index is 660. The molecule has 21 heavy (non-hydrogen) atoms. The Kier molecular flexibility index (Phi) is 4.62. The third-order valence-corrected chi connectivity index (χ3v) is 3.15. The molecule has 1 aromatic heterocycles. The van der Waals surface area contributed by atoms with Crippen molar-refractivity contribution in [2.24, 2.45) is 5.84 Å². The number of aromatic nitrogens is 1. The van der Waals surface area contributed by atoms with Crippen molar-refractivity contribution in [3.05, 3.63) is 47.1 Å². The molecular formula is C14H16ClN5O. The SMILES string of the molecule is CN(C)c1ccccc1NC(=O)c1nc(NN)ccc1Cl. The summed E-state index contributed by atoms with van der Waals surface area (Å²) in [5, 5.41) is 3.06. The van der Waals surface area contributed by atoms with Gasteiger partial charge < -0.3 is 15.6 Å². The summed E-state index contributed by atoms with van der Waals surface area (Å²) in [5.74, 6) is 5.26.